The molecular weight excluding hydrogens is 406 g/mol. The molecule has 1 aromatic carbocycles. The molecule has 1 aromatic rings. The fraction of sp³-hybridized carbons (Fsp3) is 0.667. The Morgan fingerprint density at radius 1 is 0.933 bits per heavy atom. The van der Waals surface area contributed by atoms with Gasteiger partial charge in [-0.25, -0.2) is 12.7 Å². The van der Waals surface area contributed by atoms with Crippen LogP contribution >= 0.6 is 0 Å². The van der Waals surface area contributed by atoms with Gasteiger partial charge in [0, 0.05) is 52.2 Å². The number of nitrogens with zero attached hydrogens (tertiary/aromatic N) is 3. The first kappa shape index (κ1) is 21.4. The second kappa shape index (κ2) is 9.53. The summed E-state index contributed by atoms with van der Waals surface area (Å²) >= 11 is 0. The Bertz CT molecular complexity index is 846. The molecule has 0 N–H and O–H groups in total. The average molecular weight is 438 g/mol. The van der Waals surface area contributed by atoms with E-state index in [1.165, 1.54) is 5.56 Å². The topological polar surface area (TPSA) is 79.4 Å². The summed E-state index contributed by atoms with van der Waals surface area (Å²) in [5.74, 6) is 1.73. The lowest BCUT2D eigenvalue weighted by Gasteiger charge is -2.35. The SMILES string of the molecule is O=C(CCCS(=O)(=O)N1CCCC1)N1CCN(Cc2ccc3c(c2)OCCO3)CC1. The van der Waals surface area contributed by atoms with Crippen LogP contribution in [0, 0.1) is 0 Å². The molecule has 3 aliphatic heterocycles. The number of amides is 1. The zero-order valence-corrected chi connectivity index (χ0v) is 18.2. The molecule has 0 atom stereocenters. The molecule has 0 radical (unpaired) electrons. The highest BCUT2D eigenvalue weighted by molar-refractivity contribution is 7.89. The molecule has 30 heavy (non-hydrogen) atoms. The minimum Gasteiger partial charge on any atom is -0.486 e. The van der Waals surface area contributed by atoms with E-state index in [4.69, 9.17) is 9.47 Å². The summed E-state index contributed by atoms with van der Waals surface area (Å²) in [6, 6.07) is 6.05. The minimum absolute atomic E-state index is 0.0607. The normalized spacial score (nSPS) is 20.5. The van der Waals surface area contributed by atoms with E-state index in [-0.39, 0.29) is 11.7 Å². The number of ether oxygens (including phenoxy) is 2. The third-order valence-corrected chi connectivity index (χ3v) is 7.95. The molecule has 2 fully saturated rings. The smallest absolute Gasteiger partial charge is 0.222 e. The summed E-state index contributed by atoms with van der Waals surface area (Å²) in [6.45, 7) is 6.22. The van der Waals surface area contributed by atoms with Crippen molar-refractivity contribution in [2.75, 3.05) is 58.2 Å². The van der Waals surface area contributed by atoms with E-state index in [0.29, 0.717) is 52.2 Å². The molecule has 0 aromatic heterocycles. The van der Waals surface area contributed by atoms with Crippen molar-refractivity contribution in [2.45, 2.75) is 32.2 Å². The second-order valence-electron chi connectivity index (χ2n) is 8.16. The van der Waals surface area contributed by atoms with Crippen molar-refractivity contribution in [3.63, 3.8) is 0 Å². The Morgan fingerprint density at radius 2 is 1.63 bits per heavy atom. The molecule has 0 aliphatic carbocycles. The molecule has 0 bridgehead atoms. The number of rotatable bonds is 7. The number of benzene rings is 1. The van der Waals surface area contributed by atoms with Gasteiger partial charge in [-0.2, -0.15) is 0 Å². The molecule has 166 valence electrons. The van der Waals surface area contributed by atoms with Gasteiger partial charge in [-0.15, -0.1) is 0 Å². The van der Waals surface area contributed by atoms with E-state index in [9.17, 15) is 13.2 Å². The molecule has 2 saturated heterocycles. The third-order valence-electron chi connectivity index (χ3n) is 5.99. The number of carbonyl (C=O) groups excluding carboxylic acids is 1. The minimum atomic E-state index is -3.20. The van der Waals surface area contributed by atoms with Crippen molar-refractivity contribution in [1.29, 1.82) is 0 Å². The number of hydrogen-bond acceptors (Lipinski definition) is 6. The quantitative estimate of drug-likeness (QED) is 0.640. The number of sulfonamides is 1. The van der Waals surface area contributed by atoms with E-state index in [0.717, 1.165) is 44.0 Å². The zero-order valence-electron chi connectivity index (χ0n) is 17.4. The van der Waals surface area contributed by atoms with E-state index in [1.54, 1.807) is 4.31 Å². The molecule has 9 heteroatoms. The van der Waals surface area contributed by atoms with Crippen LogP contribution in [0.4, 0.5) is 0 Å². The number of hydrogen-bond donors (Lipinski definition) is 0. The number of fused-ring (bicyclic) bond motifs is 1. The molecular formula is C21H31N3O5S. The number of piperazine rings is 1. The highest BCUT2D eigenvalue weighted by Crippen LogP contribution is 2.31. The first-order valence-corrected chi connectivity index (χ1v) is 12.5. The first-order valence-electron chi connectivity index (χ1n) is 10.9. The molecule has 8 nitrogen and oxygen atoms in total. The van der Waals surface area contributed by atoms with Gasteiger partial charge < -0.3 is 14.4 Å². The summed E-state index contributed by atoms with van der Waals surface area (Å²) in [6.07, 6.45) is 2.58. The van der Waals surface area contributed by atoms with Gasteiger partial charge in [0.05, 0.1) is 5.75 Å². The Hall–Kier alpha value is -1.84. The van der Waals surface area contributed by atoms with Crippen LogP contribution in [0.3, 0.4) is 0 Å². The van der Waals surface area contributed by atoms with Crippen LogP contribution in [0.1, 0.15) is 31.2 Å². The van der Waals surface area contributed by atoms with Gasteiger partial charge in [0.2, 0.25) is 15.9 Å². The van der Waals surface area contributed by atoms with Crippen LogP contribution in [-0.4, -0.2) is 86.7 Å². The Labute approximate surface area is 178 Å². The Morgan fingerprint density at radius 3 is 2.37 bits per heavy atom. The third kappa shape index (κ3) is 5.25. The van der Waals surface area contributed by atoms with Crippen molar-refractivity contribution in [2.24, 2.45) is 0 Å². The maximum absolute atomic E-state index is 12.5. The van der Waals surface area contributed by atoms with Gasteiger partial charge >= 0.3 is 0 Å². The first-order chi connectivity index (χ1) is 14.5. The van der Waals surface area contributed by atoms with E-state index in [2.05, 4.69) is 11.0 Å². The van der Waals surface area contributed by atoms with Gasteiger partial charge in [0.15, 0.2) is 11.5 Å². The van der Waals surface area contributed by atoms with E-state index >= 15 is 0 Å². The monoisotopic (exact) mass is 437 g/mol. The predicted molar refractivity (Wildman–Crippen MR) is 113 cm³/mol. The largest absolute Gasteiger partial charge is 0.486 e. The highest BCUT2D eigenvalue weighted by atomic mass is 32.2. The van der Waals surface area contributed by atoms with E-state index in [1.807, 2.05) is 17.0 Å². The zero-order chi connectivity index (χ0) is 21.0. The van der Waals surface area contributed by atoms with Crippen molar-refractivity contribution in [1.82, 2.24) is 14.1 Å². The van der Waals surface area contributed by atoms with Crippen molar-refractivity contribution < 1.29 is 22.7 Å². The Balaban J connectivity index is 1.19. The summed E-state index contributed by atoms with van der Waals surface area (Å²) in [7, 11) is -3.20. The van der Waals surface area contributed by atoms with Crippen molar-refractivity contribution >= 4 is 15.9 Å². The molecule has 0 saturated carbocycles. The van der Waals surface area contributed by atoms with Crippen molar-refractivity contribution in [3.8, 4) is 11.5 Å². The maximum Gasteiger partial charge on any atom is 0.222 e. The van der Waals surface area contributed by atoms with Gasteiger partial charge in [-0.3, -0.25) is 9.69 Å². The molecule has 1 amide bonds. The van der Waals surface area contributed by atoms with Crippen LogP contribution in [0.25, 0.3) is 0 Å². The maximum atomic E-state index is 12.5. The van der Waals surface area contributed by atoms with Gasteiger partial charge in [-0.05, 0) is 37.0 Å². The molecule has 0 spiro atoms. The van der Waals surface area contributed by atoms with Crippen LogP contribution in [0.15, 0.2) is 18.2 Å². The lowest BCUT2D eigenvalue weighted by Crippen LogP contribution is -2.48. The van der Waals surface area contributed by atoms with Gasteiger partial charge in [-0.1, -0.05) is 6.07 Å². The molecule has 4 rings (SSSR count). The van der Waals surface area contributed by atoms with Crippen molar-refractivity contribution in [3.05, 3.63) is 23.8 Å². The lowest BCUT2D eigenvalue weighted by molar-refractivity contribution is -0.133. The predicted octanol–water partition coefficient (Wildman–Crippen LogP) is 1.31. The molecule has 0 unspecified atom stereocenters. The summed E-state index contributed by atoms with van der Waals surface area (Å²) in [5, 5.41) is 0. The Kier molecular flexibility index (Phi) is 6.80. The molecule has 3 heterocycles. The highest BCUT2D eigenvalue weighted by Gasteiger charge is 2.26. The average Bonchev–Trinajstić information content (AvgIpc) is 3.30. The molecule has 3 aliphatic rings. The lowest BCUT2D eigenvalue weighted by atomic mass is 10.1. The van der Waals surface area contributed by atoms with Crippen LogP contribution in [-0.2, 0) is 21.4 Å². The van der Waals surface area contributed by atoms with Gasteiger partial charge in [0.25, 0.3) is 0 Å². The standard InChI is InChI=1S/C21H31N3O5S/c25-21(4-3-15-30(26,27)24-7-1-2-8-24)23-11-9-22(10-12-23)17-18-5-6-19-20(16-18)29-14-13-28-19/h5-6,16H,1-4,7-15,17H2. The van der Waals surface area contributed by atoms with Crippen LogP contribution in [0.2, 0.25) is 0 Å². The van der Waals surface area contributed by atoms with Crippen LogP contribution in [0.5, 0.6) is 11.5 Å². The van der Waals surface area contributed by atoms with Gasteiger partial charge in [0.1, 0.15) is 13.2 Å². The second-order valence-corrected chi connectivity index (χ2v) is 10.2. The number of carbonyl (C=O) groups is 1. The summed E-state index contributed by atoms with van der Waals surface area (Å²) < 4.78 is 37.3. The summed E-state index contributed by atoms with van der Waals surface area (Å²) in [4.78, 5) is 16.7. The fourth-order valence-corrected chi connectivity index (χ4v) is 5.84. The fourth-order valence-electron chi connectivity index (χ4n) is 4.26. The van der Waals surface area contributed by atoms with Crippen LogP contribution < -0.4 is 9.47 Å². The van der Waals surface area contributed by atoms with E-state index < -0.39 is 10.0 Å². The summed E-state index contributed by atoms with van der Waals surface area (Å²) in [5.41, 5.74) is 1.17.